The van der Waals surface area contributed by atoms with Crippen molar-refractivity contribution in [2.75, 3.05) is 0 Å². The first-order valence-electron chi connectivity index (χ1n) is 4.23. The van der Waals surface area contributed by atoms with Crippen molar-refractivity contribution in [3.8, 4) is 0 Å². The quantitative estimate of drug-likeness (QED) is 0.802. The van der Waals surface area contributed by atoms with Crippen LogP contribution in [-0.4, -0.2) is 17.1 Å². The first kappa shape index (κ1) is 11.0. The average Bonchev–Trinajstić information content (AvgIpc) is 2.01. The van der Waals surface area contributed by atoms with Crippen LogP contribution in [0.2, 0.25) is 5.02 Å². The molecule has 0 amide bonds. The largest absolute Gasteiger partial charge is 0.480 e. The van der Waals surface area contributed by atoms with Gasteiger partial charge in [0.15, 0.2) is 0 Å². The lowest BCUT2D eigenvalue weighted by molar-refractivity contribution is -0.138. The van der Waals surface area contributed by atoms with Gasteiger partial charge >= 0.3 is 5.97 Å². The maximum atomic E-state index is 10.5. The van der Waals surface area contributed by atoms with Crippen LogP contribution >= 0.6 is 11.6 Å². The molecular weight excluding hydrogens is 202 g/mol. The fourth-order valence-electron chi connectivity index (χ4n) is 1.27. The minimum atomic E-state index is -0.998. The molecule has 0 aromatic heterocycles. The molecular formula is C10H12ClNO2. The summed E-state index contributed by atoms with van der Waals surface area (Å²) in [6, 6.07) is 4.57. The van der Waals surface area contributed by atoms with Crippen LogP contribution in [0, 0.1) is 6.92 Å². The first-order valence-corrected chi connectivity index (χ1v) is 4.61. The van der Waals surface area contributed by atoms with Gasteiger partial charge in [-0.15, -0.1) is 0 Å². The molecule has 3 N–H and O–H groups in total. The van der Waals surface area contributed by atoms with E-state index in [0.29, 0.717) is 11.4 Å². The number of hydrogen-bond acceptors (Lipinski definition) is 2. The highest BCUT2D eigenvalue weighted by atomic mass is 35.5. The minimum Gasteiger partial charge on any atom is -0.480 e. The van der Waals surface area contributed by atoms with E-state index in [4.69, 9.17) is 22.4 Å². The Morgan fingerprint density at radius 1 is 1.57 bits per heavy atom. The molecule has 0 aliphatic heterocycles. The zero-order valence-electron chi connectivity index (χ0n) is 7.83. The summed E-state index contributed by atoms with van der Waals surface area (Å²) in [6.45, 7) is 1.90. The van der Waals surface area contributed by atoms with Crippen molar-refractivity contribution in [1.82, 2.24) is 0 Å². The number of carboxylic acids is 1. The number of rotatable bonds is 3. The molecule has 0 fully saturated rings. The summed E-state index contributed by atoms with van der Waals surface area (Å²) in [5.74, 6) is -0.998. The highest BCUT2D eigenvalue weighted by molar-refractivity contribution is 6.30. The SMILES string of the molecule is Cc1cc(Cl)cc(C[C@@H](N)C(=O)O)c1. The van der Waals surface area contributed by atoms with Gasteiger partial charge in [0.1, 0.15) is 6.04 Å². The van der Waals surface area contributed by atoms with Crippen LogP contribution in [0.15, 0.2) is 18.2 Å². The first-order chi connectivity index (χ1) is 6.49. The summed E-state index contributed by atoms with van der Waals surface area (Å²) in [4.78, 5) is 10.5. The molecule has 3 nitrogen and oxygen atoms in total. The van der Waals surface area contributed by atoms with Gasteiger partial charge in [-0.25, -0.2) is 0 Å². The molecule has 0 aliphatic rings. The molecule has 0 aliphatic carbocycles. The summed E-state index contributed by atoms with van der Waals surface area (Å²) in [7, 11) is 0. The summed E-state index contributed by atoms with van der Waals surface area (Å²) in [6.07, 6.45) is 0.302. The normalized spacial score (nSPS) is 12.5. The lowest BCUT2D eigenvalue weighted by Crippen LogP contribution is -2.32. The van der Waals surface area contributed by atoms with Crippen LogP contribution in [0.1, 0.15) is 11.1 Å². The molecule has 1 aromatic carbocycles. The zero-order chi connectivity index (χ0) is 10.7. The van der Waals surface area contributed by atoms with Gasteiger partial charge in [0.05, 0.1) is 0 Å². The Morgan fingerprint density at radius 2 is 2.21 bits per heavy atom. The van der Waals surface area contributed by atoms with Gasteiger partial charge in [0, 0.05) is 5.02 Å². The highest BCUT2D eigenvalue weighted by Crippen LogP contribution is 2.15. The number of aryl methyl sites for hydroxylation is 1. The van der Waals surface area contributed by atoms with Crippen LogP contribution in [0.4, 0.5) is 0 Å². The van der Waals surface area contributed by atoms with Crippen LogP contribution in [0.3, 0.4) is 0 Å². The standard InChI is InChI=1S/C10H12ClNO2/c1-6-2-7(4-8(11)3-6)5-9(12)10(13)14/h2-4,9H,5,12H2,1H3,(H,13,14)/t9-/m1/s1. The van der Waals surface area contributed by atoms with Gasteiger partial charge in [-0.1, -0.05) is 17.7 Å². The van der Waals surface area contributed by atoms with Crippen molar-refractivity contribution in [2.45, 2.75) is 19.4 Å². The second-order valence-corrected chi connectivity index (χ2v) is 3.72. The Morgan fingerprint density at radius 3 is 2.71 bits per heavy atom. The minimum absolute atomic E-state index is 0.302. The van der Waals surface area contributed by atoms with Crippen LogP contribution in [-0.2, 0) is 11.2 Å². The van der Waals surface area contributed by atoms with E-state index in [1.54, 1.807) is 6.07 Å². The van der Waals surface area contributed by atoms with Gasteiger partial charge < -0.3 is 10.8 Å². The lowest BCUT2D eigenvalue weighted by atomic mass is 10.0. The monoisotopic (exact) mass is 213 g/mol. The summed E-state index contributed by atoms with van der Waals surface area (Å²) in [5.41, 5.74) is 7.26. The number of hydrogen-bond donors (Lipinski definition) is 2. The van der Waals surface area contributed by atoms with E-state index in [9.17, 15) is 4.79 Å². The molecule has 1 rings (SSSR count). The third kappa shape index (κ3) is 3.01. The van der Waals surface area contributed by atoms with E-state index in [-0.39, 0.29) is 0 Å². The van der Waals surface area contributed by atoms with E-state index in [1.807, 2.05) is 19.1 Å². The molecule has 76 valence electrons. The van der Waals surface area contributed by atoms with Crippen molar-refractivity contribution in [3.63, 3.8) is 0 Å². The van der Waals surface area contributed by atoms with Gasteiger partial charge in [0.2, 0.25) is 0 Å². The van der Waals surface area contributed by atoms with Crippen LogP contribution in [0.5, 0.6) is 0 Å². The summed E-state index contributed by atoms with van der Waals surface area (Å²) < 4.78 is 0. The van der Waals surface area contributed by atoms with Crippen LogP contribution in [0.25, 0.3) is 0 Å². The Bertz CT molecular complexity index is 332. The van der Waals surface area contributed by atoms with E-state index < -0.39 is 12.0 Å². The van der Waals surface area contributed by atoms with Gasteiger partial charge in [-0.2, -0.15) is 0 Å². The zero-order valence-corrected chi connectivity index (χ0v) is 8.58. The Labute approximate surface area is 87.5 Å². The molecule has 1 atom stereocenters. The number of nitrogens with two attached hydrogens (primary N) is 1. The van der Waals surface area contributed by atoms with Crippen molar-refractivity contribution in [2.24, 2.45) is 5.73 Å². The summed E-state index contributed by atoms with van der Waals surface area (Å²) >= 11 is 5.82. The van der Waals surface area contributed by atoms with Crippen LogP contribution < -0.4 is 5.73 Å². The molecule has 0 unspecified atom stereocenters. The molecule has 14 heavy (non-hydrogen) atoms. The molecule has 1 aromatic rings. The number of benzene rings is 1. The third-order valence-corrected chi connectivity index (χ3v) is 2.09. The maximum Gasteiger partial charge on any atom is 0.320 e. The molecule has 0 saturated heterocycles. The molecule has 0 heterocycles. The topological polar surface area (TPSA) is 63.3 Å². The van der Waals surface area contributed by atoms with Crippen molar-refractivity contribution >= 4 is 17.6 Å². The Hall–Kier alpha value is -1.06. The number of aliphatic carboxylic acids is 1. The van der Waals surface area contributed by atoms with Crippen molar-refractivity contribution < 1.29 is 9.90 Å². The highest BCUT2D eigenvalue weighted by Gasteiger charge is 2.12. The molecule has 4 heteroatoms. The second kappa shape index (κ2) is 4.44. The molecule has 0 spiro atoms. The van der Waals surface area contributed by atoms with E-state index in [2.05, 4.69) is 0 Å². The smallest absolute Gasteiger partial charge is 0.320 e. The van der Waals surface area contributed by atoms with Gasteiger partial charge in [-0.05, 0) is 36.6 Å². The fourth-order valence-corrected chi connectivity index (χ4v) is 1.58. The van der Waals surface area contributed by atoms with E-state index in [0.717, 1.165) is 11.1 Å². The predicted molar refractivity (Wildman–Crippen MR) is 55.5 cm³/mol. The second-order valence-electron chi connectivity index (χ2n) is 3.29. The fraction of sp³-hybridized carbons (Fsp3) is 0.300. The van der Waals surface area contributed by atoms with Crippen molar-refractivity contribution in [1.29, 1.82) is 0 Å². The number of carbonyl (C=O) groups is 1. The van der Waals surface area contributed by atoms with E-state index in [1.165, 1.54) is 0 Å². The predicted octanol–water partition coefficient (Wildman–Crippen LogP) is 1.60. The van der Waals surface area contributed by atoms with E-state index >= 15 is 0 Å². The summed E-state index contributed by atoms with van der Waals surface area (Å²) in [5, 5.41) is 9.23. The van der Waals surface area contributed by atoms with Gasteiger partial charge in [0.25, 0.3) is 0 Å². The maximum absolute atomic E-state index is 10.5. The van der Waals surface area contributed by atoms with Crippen molar-refractivity contribution in [3.05, 3.63) is 34.3 Å². The average molecular weight is 214 g/mol. The number of halogens is 1. The Balaban J connectivity index is 2.81. The Kier molecular flexibility index (Phi) is 3.49. The molecule has 0 saturated carbocycles. The number of carboxylic acid groups (broad SMARTS) is 1. The molecule has 0 radical (unpaired) electrons. The third-order valence-electron chi connectivity index (χ3n) is 1.87. The van der Waals surface area contributed by atoms with Gasteiger partial charge in [-0.3, -0.25) is 4.79 Å². The molecule has 0 bridgehead atoms. The lowest BCUT2D eigenvalue weighted by Gasteiger charge is -2.07.